The zero-order valence-electron chi connectivity index (χ0n) is 67.5. The maximum absolute atomic E-state index is 13.5. The van der Waals surface area contributed by atoms with Gasteiger partial charge in [0.2, 0.25) is 41.6 Å². The van der Waals surface area contributed by atoms with Gasteiger partial charge in [0.25, 0.3) is 0 Å². The molecule has 0 atom stereocenters. The minimum absolute atomic E-state index is 0.0237. The van der Waals surface area contributed by atoms with Crippen LogP contribution in [0, 0.1) is 30.2 Å². The second kappa shape index (κ2) is 44.5. The molecule has 121 heavy (non-hydrogen) atoms. The van der Waals surface area contributed by atoms with E-state index in [1.807, 2.05) is 133 Å². The van der Waals surface area contributed by atoms with Gasteiger partial charge < -0.3 is 59.7 Å². The van der Waals surface area contributed by atoms with Gasteiger partial charge in [0.1, 0.15) is 46.3 Å². The third-order valence-corrected chi connectivity index (χ3v) is 17.6. The Hall–Kier alpha value is -14.1. The summed E-state index contributed by atoms with van der Waals surface area (Å²) in [5.41, 5.74) is 55.0. The Morgan fingerprint density at radius 1 is 0.347 bits per heavy atom. The van der Waals surface area contributed by atoms with Crippen molar-refractivity contribution in [2.24, 2.45) is 0 Å². The number of nitrogens with one attached hydrogen (secondary N) is 1. The van der Waals surface area contributed by atoms with Crippen LogP contribution in [-0.2, 0) is 38.5 Å². The average molecular weight is 1700 g/mol. The predicted molar refractivity (Wildman–Crippen MR) is 461 cm³/mol. The molecule has 15 N–H and O–H groups in total. The number of pyridine rings is 1. The summed E-state index contributed by atoms with van der Waals surface area (Å²) in [6, 6.07) is 49.3. The summed E-state index contributed by atoms with van der Waals surface area (Å²) >= 11 is 11.8. The number of benzene rings is 6. The van der Waals surface area contributed by atoms with Crippen molar-refractivity contribution >= 4 is 70.7 Å². The van der Waals surface area contributed by atoms with E-state index in [9.17, 15) is 30.7 Å². The third kappa shape index (κ3) is 28.1. The topological polar surface area (TPSA) is 415 Å². The molecule has 0 aliphatic rings. The average Bonchev–Trinajstić information content (AvgIpc) is 0.858. The molecule has 0 amide bonds. The van der Waals surface area contributed by atoms with Crippen molar-refractivity contribution in [2.75, 3.05) is 66.7 Å². The zero-order chi connectivity index (χ0) is 88.0. The zero-order valence-corrected chi connectivity index (χ0v) is 69.0. The van der Waals surface area contributed by atoms with Crippen molar-refractivity contribution in [3.8, 4) is 96.2 Å². The molecule has 26 nitrogen and oxygen atoms in total. The maximum Gasteiger partial charge on any atom is 0.573 e. The van der Waals surface area contributed by atoms with E-state index in [1.165, 1.54) is 67.8 Å². The van der Waals surface area contributed by atoms with Crippen LogP contribution < -0.4 is 59.7 Å². The number of alkyl halides is 3. The molecule has 8 aromatic heterocycles. The van der Waals surface area contributed by atoms with E-state index in [4.69, 9.17) is 72.8 Å². The number of hydrogen-bond acceptors (Lipinski definition) is 26. The van der Waals surface area contributed by atoms with Gasteiger partial charge >= 0.3 is 6.36 Å². The molecular formula is C86H88Cl2F7N23O3. The number of halogens is 9. The largest absolute Gasteiger partial charge is 0.573 e. The van der Waals surface area contributed by atoms with Gasteiger partial charge in [-0.05, 0) is 197 Å². The number of hydrogen-bond donors (Lipinski definition) is 8. The first kappa shape index (κ1) is 92.4. The van der Waals surface area contributed by atoms with Gasteiger partial charge in [-0.3, -0.25) is 4.98 Å². The lowest BCUT2D eigenvalue weighted by Gasteiger charge is -2.09. The van der Waals surface area contributed by atoms with Crippen LogP contribution >= 0.6 is 23.2 Å². The molecule has 14 aromatic rings. The highest BCUT2D eigenvalue weighted by Gasteiger charge is 2.31. The Morgan fingerprint density at radius 2 is 0.744 bits per heavy atom. The lowest BCUT2D eigenvalue weighted by molar-refractivity contribution is -0.274. The lowest BCUT2D eigenvalue weighted by atomic mass is 10.1. The predicted octanol–water partition coefficient (Wildman–Crippen LogP) is 18.0. The monoisotopic (exact) mass is 1690 g/mol. The fourth-order valence-electron chi connectivity index (χ4n) is 11.1. The molecule has 14 rings (SSSR count). The Kier molecular flexibility index (Phi) is 34.0. The second-order valence-corrected chi connectivity index (χ2v) is 26.3. The van der Waals surface area contributed by atoms with Crippen LogP contribution in [0.5, 0.6) is 17.2 Å². The van der Waals surface area contributed by atoms with Crippen molar-refractivity contribution < 1.29 is 44.9 Å². The van der Waals surface area contributed by atoms with Gasteiger partial charge in [-0.15, -0.1) is 13.2 Å². The normalized spacial score (nSPS) is 10.5. The molecule has 0 unspecified atom stereocenters. The van der Waals surface area contributed by atoms with E-state index in [0.29, 0.717) is 68.8 Å². The molecule has 628 valence electrons. The lowest BCUT2D eigenvalue weighted by Crippen LogP contribution is -2.16. The fourth-order valence-corrected chi connectivity index (χ4v) is 11.5. The van der Waals surface area contributed by atoms with Crippen molar-refractivity contribution in [1.29, 1.82) is 0 Å². The molecular weight excluding hydrogens is 1610 g/mol. The van der Waals surface area contributed by atoms with E-state index >= 15 is 0 Å². The molecule has 0 spiro atoms. The summed E-state index contributed by atoms with van der Waals surface area (Å²) in [4.78, 5) is 61.6. The number of aromatic nitrogens is 15. The van der Waals surface area contributed by atoms with Crippen LogP contribution in [0.1, 0.15) is 81.3 Å². The molecule has 0 fully saturated rings. The SMILES string of the molecule is CCc1cc(-c2cc(F)ccc2OC)nc(N)n1.CCc1cc(-c2ccc(F)c(Cl)c2)nc(N)n1.CCc1cc(-c2ccc(OC(F)(F)F)cc2)nc(N)n1.CCc1cc(-c2ccc(OC)c(C)c2)nc(N)n1.CCc1cc(-c2ccccc2Cl)nc(N)n1.CCc1cc(-c2ccccn2)nc(N)n1.CNc1cc(-c2ccc(F)cc2F)nc(N)n1. The van der Waals surface area contributed by atoms with Gasteiger partial charge in [-0.2, -0.15) is 4.98 Å². The minimum atomic E-state index is -4.70. The number of anilines is 8. The van der Waals surface area contributed by atoms with Crippen LogP contribution in [0.15, 0.2) is 188 Å². The maximum atomic E-state index is 13.5. The highest BCUT2D eigenvalue weighted by Crippen LogP contribution is 2.34. The number of methoxy groups -OCH3 is 2. The van der Waals surface area contributed by atoms with E-state index in [1.54, 1.807) is 44.6 Å². The number of ether oxygens (including phenoxy) is 3. The summed E-state index contributed by atoms with van der Waals surface area (Å²) in [5.74, 6) is 0.938. The van der Waals surface area contributed by atoms with Crippen molar-refractivity contribution in [3.63, 3.8) is 0 Å². The van der Waals surface area contributed by atoms with Gasteiger partial charge in [-0.25, -0.2) is 82.4 Å². The summed E-state index contributed by atoms with van der Waals surface area (Å²) < 4.78 is 103. The molecule has 0 aliphatic heterocycles. The van der Waals surface area contributed by atoms with Crippen LogP contribution in [0.2, 0.25) is 10.0 Å². The third-order valence-electron chi connectivity index (χ3n) is 17.0. The van der Waals surface area contributed by atoms with Gasteiger partial charge in [0.15, 0.2) is 0 Å². The highest BCUT2D eigenvalue weighted by molar-refractivity contribution is 6.33. The van der Waals surface area contributed by atoms with E-state index in [0.717, 1.165) is 129 Å². The highest BCUT2D eigenvalue weighted by atomic mass is 35.5. The Balaban J connectivity index is 0.000000176. The first-order valence-corrected chi connectivity index (χ1v) is 38.1. The van der Waals surface area contributed by atoms with E-state index in [-0.39, 0.29) is 51.9 Å². The van der Waals surface area contributed by atoms with Crippen molar-refractivity contribution in [3.05, 3.63) is 261 Å². The standard InChI is InChI=1S/C14H17N3O.C13H12F3N3O.C13H14FN3O.C12H11ClFN3.C12H12ClN3.C11H10F2N4.C11H12N4/c1-4-11-8-12(17-14(15)16-11)10-5-6-13(18-3)9(2)7-10;1-2-9-7-11(19-12(17)18-9)8-3-5-10(6-4-8)20-13(14,15)16;1-3-9-7-11(17-13(15)16-9)10-6-8(14)4-5-12(10)18-2;1-2-8-6-11(17-12(15)16-8)7-3-4-10(14)9(13)5-7;1-2-8-7-11(16-12(14)15-8)9-5-3-4-6-10(9)13;1-15-10-5-9(16-11(14)17-10)7-3-2-6(12)4-8(7)13;1-2-8-7-10(15-11(12)14-8)9-5-3-4-6-13-9/h5-8H,4H2,1-3H3,(H2,15,16,17);3-7H,2H2,1H3,(H2,17,18,19);4-7H,3H2,1-2H3,(H2,15,16,17);3-6H,2H2,1H3,(H2,15,16,17);3-7H,2H2,1H3,(H2,14,15,16);2-5H,1H3,(H3,14,15,16,17);3-7H,2H2,1H3,(H2,12,14,15). The molecule has 6 aromatic carbocycles. The first-order valence-electron chi connectivity index (χ1n) is 37.4. The molecule has 0 aliphatic carbocycles. The van der Waals surface area contributed by atoms with E-state index < -0.39 is 23.8 Å². The summed E-state index contributed by atoms with van der Waals surface area (Å²) in [6.45, 7) is 14.0. The molecule has 8 heterocycles. The number of rotatable bonds is 17. The fraction of sp³-hybridized carbons (Fsp3) is 0.198. The minimum Gasteiger partial charge on any atom is -0.496 e. The van der Waals surface area contributed by atoms with E-state index in [2.05, 4.69) is 84.8 Å². The number of nitrogens with two attached hydrogens (primary N) is 7. The number of nitrogens with zero attached hydrogens (tertiary/aromatic N) is 15. The number of nitrogen functional groups attached to an aromatic ring is 7. The molecule has 0 bridgehead atoms. The van der Waals surface area contributed by atoms with Crippen molar-refractivity contribution in [2.45, 2.75) is 93.4 Å². The van der Waals surface area contributed by atoms with Gasteiger partial charge in [0.05, 0.1) is 64.8 Å². The molecule has 0 radical (unpaired) electrons. The molecule has 0 saturated carbocycles. The Morgan fingerprint density at radius 3 is 1.19 bits per heavy atom. The van der Waals surface area contributed by atoms with Gasteiger partial charge in [0, 0.05) is 97.9 Å². The molecule has 35 heteroatoms. The summed E-state index contributed by atoms with van der Waals surface area (Å²) in [6.07, 6.45) is 1.72. The van der Waals surface area contributed by atoms with Crippen LogP contribution in [0.3, 0.4) is 0 Å². The number of aryl methyl sites for hydroxylation is 7. The van der Waals surface area contributed by atoms with Crippen LogP contribution in [0.4, 0.5) is 78.2 Å². The van der Waals surface area contributed by atoms with Gasteiger partial charge in [-0.1, -0.05) is 89.0 Å². The Bertz CT molecular complexity index is 5800. The Labute approximate surface area is 704 Å². The van der Waals surface area contributed by atoms with Crippen LogP contribution in [-0.4, -0.2) is 102 Å². The van der Waals surface area contributed by atoms with Crippen LogP contribution in [0.25, 0.3) is 78.9 Å². The smallest absolute Gasteiger partial charge is 0.496 e. The molecule has 0 saturated heterocycles. The van der Waals surface area contributed by atoms with Crippen molar-refractivity contribution in [1.82, 2.24) is 74.8 Å². The summed E-state index contributed by atoms with van der Waals surface area (Å²) in [7, 11) is 4.86. The quantitative estimate of drug-likeness (QED) is 0.0392. The summed E-state index contributed by atoms with van der Waals surface area (Å²) in [5, 5.41) is 3.52. The second-order valence-electron chi connectivity index (χ2n) is 25.5. The first-order chi connectivity index (χ1) is 57.8.